The quantitative estimate of drug-likeness (QED) is 0.0648. The van der Waals surface area contributed by atoms with Gasteiger partial charge in [0, 0.05) is 19.3 Å². The zero-order valence-electron chi connectivity index (χ0n) is 24.1. The zero-order valence-corrected chi connectivity index (χ0v) is 24.1. The van der Waals surface area contributed by atoms with Crippen LogP contribution in [-0.4, -0.2) is 62.4 Å². The summed E-state index contributed by atoms with van der Waals surface area (Å²) in [5, 5.41) is 30.7. The van der Waals surface area contributed by atoms with E-state index in [2.05, 4.69) is 19.1 Å². The molecule has 0 aromatic rings. The summed E-state index contributed by atoms with van der Waals surface area (Å²) in [7, 11) is 0. The lowest BCUT2D eigenvalue weighted by Crippen LogP contribution is -2.72. The van der Waals surface area contributed by atoms with Gasteiger partial charge in [-0.15, -0.1) is 0 Å². The van der Waals surface area contributed by atoms with E-state index in [9.17, 15) is 29.7 Å². The number of unbranched alkanes of at least 4 members (excludes halogenated alkanes) is 9. The van der Waals surface area contributed by atoms with E-state index in [1.165, 1.54) is 32.1 Å². The van der Waals surface area contributed by atoms with E-state index in [1.807, 2.05) is 20.8 Å². The number of allylic oxidation sites excluding steroid dienone is 2. The van der Waals surface area contributed by atoms with Crippen LogP contribution in [0.2, 0.25) is 0 Å². The predicted octanol–water partition coefficient (Wildman–Crippen LogP) is 7.43. The number of hydrogen-bond donors (Lipinski definition) is 3. The van der Waals surface area contributed by atoms with Crippen LogP contribution in [0.5, 0.6) is 0 Å². The summed E-state index contributed by atoms with van der Waals surface area (Å²) in [5.41, 5.74) is 0. The number of nitrogens with zero attached hydrogens (tertiary/aromatic N) is 1. The van der Waals surface area contributed by atoms with E-state index in [0.29, 0.717) is 25.7 Å². The molecule has 0 spiro atoms. The zero-order chi connectivity index (χ0) is 28.1. The van der Waals surface area contributed by atoms with E-state index < -0.39 is 36.0 Å². The molecule has 0 aromatic heterocycles. The molecular weight excluding hydrogens is 470 g/mol. The van der Waals surface area contributed by atoms with Crippen molar-refractivity contribution in [2.24, 2.45) is 0 Å². The van der Waals surface area contributed by atoms with E-state index in [-0.39, 0.29) is 30.3 Å². The summed E-state index contributed by atoms with van der Waals surface area (Å²) in [5.74, 6) is -3.27. The molecule has 0 aliphatic heterocycles. The normalized spacial score (nSPS) is 15.8. The highest BCUT2D eigenvalue weighted by molar-refractivity contribution is 5.78. The molecule has 3 N–H and O–H groups in total. The van der Waals surface area contributed by atoms with Gasteiger partial charge in [-0.25, -0.2) is 14.4 Å². The lowest BCUT2D eigenvalue weighted by Gasteiger charge is -2.50. The first-order chi connectivity index (χ1) is 17.7. The van der Waals surface area contributed by atoms with Crippen LogP contribution in [0.1, 0.15) is 137 Å². The highest BCUT2D eigenvalue weighted by Crippen LogP contribution is 2.34. The molecule has 0 saturated heterocycles. The Hall–Kier alpha value is -1.89. The van der Waals surface area contributed by atoms with Gasteiger partial charge in [-0.3, -0.25) is 4.48 Å². The summed E-state index contributed by atoms with van der Waals surface area (Å²) in [6.45, 7) is 8.09. The third kappa shape index (κ3) is 12.5. The molecule has 0 aliphatic carbocycles. The molecular formula is C30H56NO6+. The van der Waals surface area contributed by atoms with Gasteiger partial charge in [0.05, 0.1) is 6.54 Å². The first-order valence-corrected chi connectivity index (χ1v) is 14.9. The molecule has 3 unspecified atom stereocenters. The smallest absolute Gasteiger partial charge is 0.362 e. The number of hydrogen-bond acceptors (Lipinski definition) is 3. The molecule has 0 amide bonds. The highest BCUT2D eigenvalue weighted by Gasteiger charge is 2.56. The maximum atomic E-state index is 12.5. The van der Waals surface area contributed by atoms with Crippen LogP contribution in [0.25, 0.3) is 0 Å². The van der Waals surface area contributed by atoms with Crippen molar-refractivity contribution in [2.45, 2.75) is 155 Å². The van der Waals surface area contributed by atoms with E-state index >= 15 is 0 Å². The van der Waals surface area contributed by atoms with Crippen molar-refractivity contribution in [3.8, 4) is 0 Å². The summed E-state index contributed by atoms with van der Waals surface area (Å²) in [4.78, 5) is 37.6. The lowest BCUT2D eigenvalue weighted by atomic mass is 9.91. The molecule has 0 heterocycles. The Morgan fingerprint density at radius 2 is 0.892 bits per heavy atom. The Morgan fingerprint density at radius 3 is 1.22 bits per heavy atom. The third-order valence-corrected chi connectivity index (χ3v) is 7.59. The van der Waals surface area contributed by atoms with Gasteiger partial charge in [0.25, 0.3) is 0 Å². The monoisotopic (exact) mass is 526 g/mol. The summed E-state index contributed by atoms with van der Waals surface area (Å²) in [6.07, 6.45) is 18.9. The Labute approximate surface area is 225 Å². The van der Waals surface area contributed by atoms with Crippen LogP contribution in [0.3, 0.4) is 0 Å². The first-order valence-electron chi connectivity index (χ1n) is 14.9. The molecule has 7 nitrogen and oxygen atoms in total. The number of carboxylic acid groups (broad SMARTS) is 3. The Kier molecular flexibility index (Phi) is 20.0. The number of carbonyl (C=O) groups is 3. The predicted molar refractivity (Wildman–Crippen MR) is 150 cm³/mol. The van der Waals surface area contributed by atoms with E-state index in [1.54, 1.807) is 0 Å². The van der Waals surface area contributed by atoms with Crippen molar-refractivity contribution in [1.29, 1.82) is 0 Å². The summed E-state index contributed by atoms with van der Waals surface area (Å²) in [6, 6.07) is -3.15. The maximum Gasteiger partial charge on any atom is 0.362 e. The number of quaternary nitrogens is 1. The summed E-state index contributed by atoms with van der Waals surface area (Å²) >= 11 is 0. The average Bonchev–Trinajstić information content (AvgIpc) is 2.85. The van der Waals surface area contributed by atoms with Gasteiger partial charge in [0.2, 0.25) is 0 Å². The second kappa shape index (κ2) is 21.1. The minimum Gasteiger partial charge on any atom is -0.477 e. The Balaban J connectivity index is 5.51. The molecule has 216 valence electrons. The fraction of sp³-hybridized carbons (Fsp3) is 0.833. The molecule has 0 fully saturated rings. The van der Waals surface area contributed by atoms with Crippen LogP contribution >= 0.6 is 0 Å². The van der Waals surface area contributed by atoms with Crippen LogP contribution in [0.4, 0.5) is 0 Å². The average molecular weight is 527 g/mol. The number of aliphatic carboxylic acids is 3. The van der Waals surface area contributed by atoms with Gasteiger partial charge in [-0.1, -0.05) is 72.0 Å². The highest BCUT2D eigenvalue weighted by atomic mass is 16.4. The fourth-order valence-electron chi connectivity index (χ4n) is 5.75. The van der Waals surface area contributed by atoms with Crippen LogP contribution < -0.4 is 0 Å². The van der Waals surface area contributed by atoms with Crippen molar-refractivity contribution in [3.05, 3.63) is 12.2 Å². The van der Waals surface area contributed by atoms with Gasteiger partial charge < -0.3 is 15.3 Å². The van der Waals surface area contributed by atoms with Gasteiger partial charge in [-0.2, -0.15) is 0 Å². The van der Waals surface area contributed by atoms with Crippen molar-refractivity contribution in [2.75, 3.05) is 6.54 Å². The van der Waals surface area contributed by atoms with Crippen molar-refractivity contribution < 1.29 is 34.2 Å². The molecule has 0 rings (SSSR count). The van der Waals surface area contributed by atoms with Crippen molar-refractivity contribution >= 4 is 17.9 Å². The molecule has 0 saturated carbocycles. The fourth-order valence-corrected chi connectivity index (χ4v) is 5.75. The minimum absolute atomic E-state index is 0.262. The van der Waals surface area contributed by atoms with Gasteiger partial charge in [-0.05, 0) is 57.8 Å². The standard InChI is InChI=1S/C30H55NO6/c1-5-9-10-11-12-13-14-15-16-17-18-19-20-24-31(25(21-6-2)28(32)33,26(22-7-3)29(34)35)27(23-8-4)30(36)37/h14-15,25-27H,5-13,16-24H2,1-4H3,(H2-,32,33,34,35,36,37)/p+1/b15-14+. The first kappa shape index (κ1) is 35.1. The third-order valence-electron chi connectivity index (χ3n) is 7.59. The second-order valence-electron chi connectivity index (χ2n) is 10.5. The molecule has 37 heavy (non-hydrogen) atoms. The Bertz CT molecular complexity index is 603. The van der Waals surface area contributed by atoms with Crippen molar-refractivity contribution in [3.63, 3.8) is 0 Å². The SMILES string of the molecule is CCCCCCC/C=C/CCCCCC[N+](C(CCC)C(=O)O)(C(CCC)C(=O)O)C(CCC)C(=O)O. The largest absolute Gasteiger partial charge is 0.477 e. The molecule has 0 radical (unpaired) electrons. The van der Waals surface area contributed by atoms with E-state index in [4.69, 9.17) is 0 Å². The van der Waals surface area contributed by atoms with Crippen LogP contribution in [0.15, 0.2) is 12.2 Å². The number of carboxylic acids is 3. The molecule has 0 aromatic carbocycles. The number of rotatable bonds is 25. The maximum absolute atomic E-state index is 12.5. The van der Waals surface area contributed by atoms with Crippen LogP contribution in [-0.2, 0) is 14.4 Å². The topological polar surface area (TPSA) is 112 Å². The van der Waals surface area contributed by atoms with E-state index in [0.717, 1.165) is 32.1 Å². The second-order valence-corrected chi connectivity index (χ2v) is 10.5. The van der Waals surface area contributed by atoms with Gasteiger partial charge in [0.1, 0.15) is 0 Å². The Morgan fingerprint density at radius 1 is 0.541 bits per heavy atom. The minimum atomic E-state index is -1.09. The molecule has 3 atom stereocenters. The molecule has 0 bridgehead atoms. The summed E-state index contributed by atoms with van der Waals surface area (Å²) < 4.78 is -0.381. The van der Waals surface area contributed by atoms with Crippen molar-refractivity contribution in [1.82, 2.24) is 0 Å². The molecule has 0 aliphatic rings. The molecule has 7 heteroatoms. The van der Waals surface area contributed by atoms with Crippen LogP contribution in [0, 0.1) is 0 Å². The lowest BCUT2D eigenvalue weighted by molar-refractivity contribution is -0.973. The van der Waals surface area contributed by atoms with Gasteiger partial charge >= 0.3 is 17.9 Å². The van der Waals surface area contributed by atoms with Gasteiger partial charge in [0.15, 0.2) is 18.1 Å².